The van der Waals surface area contributed by atoms with E-state index in [4.69, 9.17) is 5.73 Å². The predicted octanol–water partition coefficient (Wildman–Crippen LogP) is 3.46. The van der Waals surface area contributed by atoms with Crippen molar-refractivity contribution in [2.24, 2.45) is 10.7 Å². The molecule has 0 saturated carbocycles. The fourth-order valence-electron chi connectivity index (χ4n) is 2.30. The number of aliphatic imine (C=N–C) groups is 1. The summed E-state index contributed by atoms with van der Waals surface area (Å²) in [5, 5.41) is 14.9. The van der Waals surface area contributed by atoms with Gasteiger partial charge in [0, 0.05) is 17.4 Å². The van der Waals surface area contributed by atoms with Crippen LogP contribution in [0.4, 0.5) is 15.9 Å². The van der Waals surface area contributed by atoms with Crippen LogP contribution in [0, 0.1) is 5.82 Å². The lowest BCUT2D eigenvalue weighted by atomic mass is 9.92. The summed E-state index contributed by atoms with van der Waals surface area (Å²) < 4.78 is 14.3. The molecule has 118 valence electrons. The number of halogens is 1. The van der Waals surface area contributed by atoms with Crippen molar-refractivity contribution in [1.82, 2.24) is 4.98 Å². The third kappa shape index (κ3) is 3.14. The fourth-order valence-corrected chi connectivity index (χ4v) is 3.01. The first-order valence-electron chi connectivity index (χ1n) is 6.89. The average Bonchev–Trinajstić information content (AvgIpc) is 2.51. The van der Waals surface area contributed by atoms with E-state index in [1.807, 2.05) is 0 Å². The molecule has 2 aromatic rings. The summed E-state index contributed by atoms with van der Waals surface area (Å²) in [4.78, 5) is 8.40. The van der Waals surface area contributed by atoms with Crippen LogP contribution >= 0.6 is 11.8 Å². The van der Waals surface area contributed by atoms with E-state index in [0.29, 0.717) is 22.2 Å². The number of thioether (sulfide) groups is 1. The first-order chi connectivity index (χ1) is 11.0. The molecule has 4 N–H and O–H groups in total. The second-order valence-corrected chi connectivity index (χ2v) is 6.14. The molecule has 5 nitrogen and oxygen atoms in total. The van der Waals surface area contributed by atoms with Gasteiger partial charge in [-0.15, -0.1) is 0 Å². The van der Waals surface area contributed by atoms with Gasteiger partial charge in [-0.05, 0) is 48.7 Å². The highest BCUT2D eigenvalue weighted by molar-refractivity contribution is 8.16. The molecule has 7 heteroatoms. The number of nitrogens with two attached hydrogens (primary N) is 1. The van der Waals surface area contributed by atoms with Gasteiger partial charge >= 0.3 is 0 Å². The highest BCUT2D eigenvalue weighted by Crippen LogP contribution is 2.36. The lowest BCUT2D eigenvalue weighted by Crippen LogP contribution is -2.24. The van der Waals surface area contributed by atoms with Gasteiger partial charge in [-0.3, -0.25) is 0 Å². The normalized spacial score (nSPS) is 20.2. The van der Waals surface area contributed by atoms with Crippen LogP contribution in [0.5, 0.6) is 5.75 Å². The molecule has 0 unspecified atom stereocenters. The Morgan fingerprint density at radius 2 is 2.17 bits per heavy atom. The van der Waals surface area contributed by atoms with Crippen LogP contribution in [-0.2, 0) is 5.54 Å². The van der Waals surface area contributed by atoms with Crippen molar-refractivity contribution in [2.45, 2.75) is 12.5 Å². The van der Waals surface area contributed by atoms with Crippen LogP contribution in [0.25, 0.3) is 0 Å². The van der Waals surface area contributed by atoms with Crippen LogP contribution < -0.4 is 11.1 Å². The Balaban J connectivity index is 1.99. The van der Waals surface area contributed by atoms with E-state index in [1.54, 1.807) is 42.8 Å². The van der Waals surface area contributed by atoms with Crippen molar-refractivity contribution in [3.8, 4) is 5.75 Å². The first kappa shape index (κ1) is 15.4. The summed E-state index contributed by atoms with van der Waals surface area (Å²) in [5.41, 5.74) is 5.87. The van der Waals surface area contributed by atoms with E-state index in [-0.39, 0.29) is 11.6 Å². The lowest BCUT2D eigenvalue weighted by Gasteiger charge is -2.26. The Morgan fingerprint density at radius 3 is 2.91 bits per heavy atom. The molecule has 1 atom stereocenters. The van der Waals surface area contributed by atoms with Crippen molar-refractivity contribution in [3.63, 3.8) is 0 Å². The molecule has 23 heavy (non-hydrogen) atoms. The van der Waals surface area contributed by atoms with Gasteiger partial charge in [0.2, 0.25) is 0 Å². The van der Waals surface area contributed by atoms with Crippen LogP contribution in [-0.4, -0.2) is 15.3 Å². The Bertz CT molecular complexity index is 808. The van der Waals surface area contributed by atoms with Gasteiger partial charge < -0.3 is 16.2 Å². The van der Waals surface area contributed by atoms with Crippen molar-refractivity contribution < 1.29 is 9.50 Å². The number of nitrogens with one attached hydrogen (secondary N) is 1. The summed E-state index contributed by atoms with van der Waals surface area (Å²) in [7, 11) is 0. The average molecular weight is 330 g/mol. The smallest absolute Gasteiger partial charge is 0.172 e. The number of aromatic nitrogens is 1. The number of amidine groups is 1. The minimum Gasteiger partial charge on any atom is -0.504 e. The molecule has 0 saturated heterocycles. The third-order valence-corrected chi connectivity index (χ3v) is 4.09. The Labute approximate surface area is 137 Å². The molecule has 0 aliphatic carbocycles. The maximum atomic E-state index is 14.3. The number of hydrogen-bond acceptors (Lipinski definition) is 6. The molecule has 0 fully saturated rings. The largest absolute Gasteiger partial charge is 0.504 e. The van der Waals surface area contributed by atoms with Gasteiger partial charge in [-0.25, -0.2) is 14.4 Å². The van der Waals surface area contributed by atoms with E-state index in [2.05, 4.69) is 15.3 Å². The minimum absolute atomic E-state index is 0.0146. The van der Waals surface area contributed by atoms with E-state index >= 15 is 0 Å². The Morgan fingerprint density at radius 1 is 1.35 bits per heavy atom. The second kappa shape index (κ2) is 5.92. The first-order valence-corrected chi connectivity index (χ1v) is 7.77. The van der Waals surface area contributed by atoms with Gasteiger partial charge in [0.05, 0.1) is 0 Å². The number of rotatable bonds is 3. The highest BCUT2D eigenvalue weighted by atomic mass is 32.2. The fraction of sp³-hybridized carbons (Fsp3) is 0.125. The molecular weight excluding hydrogens is 315 g/mol. The number of nitrogens with zero attached hydrogens (tertiary/aromatic N) is 2. The maximum absolute atomic E-state index is 14.3. The molecule has 2 heterocycles. The molecule has 1 aromatic heterocycles. The zero-order valence-electron chi connectivity index (χ0n) is 12.3. The second-order valence-electron chi connectivity index (χ2n) is 5.21. The molecule has 0 radical (unpaired) electrons. The number of pyridine rings is 1. The van der Waals surface area contributed by atoms with E-state index in [1.165, 1.54) is 23.9 Å². The van der Waals surface area contributed by atoms with Crippen LogP contribution in [0.2, 0.25) is 0 Å². The van der Waals surface area contributed by atoms with Crippen molar-refractivity contribution in [1.29, 1.82) is 0 Å². The Hall–Kier alpha value is -2.54. The quantitative estimate of drug-likeness (QED) is 0.803. The van der Waals surface area contributed by atoms with Crippen LogP contribution in [0.1, 0.15) is 12.5 Å². The van der Waals surface area contributed by atoms with E-state index in [9.17, 15) is 9.50 Å². The molecule has 1 aromatic carbocycles. The molecule has 0 spiro atoms. The number of hydrogen-bond donors (Lipinski definition) is 3. The number of aromatic hydroxyl groups is 1. The molecular formula is C16H15FN4OS. The molecule has 1 aliphatic heterocycles. The number of anilines is 2. The standard InChI is InChI=1S/C16H15FN4OS/c1-16(6-8-23-15(18)21-16)11-9-10(4-5-12(11)17)20-14-13(22)3-2-7-19-14/h2-9,22H,1H3,(H2,18,21)(H,19,20)/t16-/m0/s1. The monoisotopic (exact) mass is 330 g/mol. The molecule has 3 rings (SSSR count). The van der Waals surface area contributed by atoms with Gasteiger partial charge in [0.25, 0.3) is 0 Å². The van der Waals surface area contributed by atoms with E-state index in [0.717, 1.165) is 0 Å². The topological polar surface area (TPSA) is 83.5 Å². The summed E-state index contributed by atoms with van der Waals surface area (Å²) in [6.07, 6.45) is 3.36. The molecule has 0 bridgehead atoms. The zero-order valence-corrected chi connectivity index (χ0v) is 13.1. The van der Waals surface area contributed by atoms with Gasteiger partial charge in [-0.2, -0.15) is 0 Å². The summed E-state index contributed by atoms with van der Waals surface area (Å²) in [6, 6.07) is 7.71. The molecule has 0 amide bonds. The van der Waals surface area contributed by atoms with Crippen LogP contribution in [0.3, 0.4) is 0 Å². The van der Waals surface area contributed by atoms with Crippen LogP contribution in [0.15, 0.2) is 53.0 Å². The van der Waals surface area contributed by atoms with Crippen molar-refractivity contribution in [2.75, 3.05) is 5.32 Å². The van der Waals surface area contributed by atoms with Gasteiger partial charge in [0.15, 0.2) is 16.7 Å². The third-order valence-electron chi connectivity index (χ3n) is 3.48. The number of benzene rings is 1. The van der Waals surface area contributed by atoms with Gasteiger partial charge in [-0.1, -0.05) is 11.8 Å². The van der Waals surface area contributed by atoms with Crippen molar-refractivity contribution >= 4 is 28.4 Å². The van der Waals surface area contributed by atoms with E-state index < -0.39 is 5.54 Å². The zero-order chi connectivity index (χ0) is 16.4. The molecule has 1 aliphatic rings. The lowest BCUT2D eigenvalue weighted by molar-refractivity contribution is 0.475. The SMILES string of the molecule is C[C@@]1(c2cc(Nc3ncccc3O)ccc2F)C=CSC(N)=N1. The maximum Gasteiger partial charge on any atom is 0.172 e. The minimum atomic E-state index is -0.872. The Kier molecular flexibility index (Phi) is 3.96. The predicted molar refractivity (Wildman–Crippen MR) is 91.3 cm³/mol. The summed E-state index contributed by atoms with van der Waals surface area (Å²) in [6.45, 7) is 1.79. The van der Waals surface area contributed by atoms with Crippen molar-refractivity contribution in [3.05, 3.63) is 59.4 Å². The summed E-state index contributed by atoms with van der Waals surface area (Å²) in [5.74, 6) is -0.0647. The highest BCUT2D eigenvalue weighted by Gasteiger charge is 2.29. The summed E-state index contributed by atoms with van der Waals surface area (Å²) >= 11 is 1.30. The van der Waals surface area contributed by atoms with Gasteiger partial charge in [0.1, 0.15) is 11.4 Å².